The van der Waals surface area contributed by atoms with Gasteiger partial charge in [0.2, 0.25) is 0 Å². The summed E-state index contributed by atoms with van der Waals surface area (Å²) in [5.74, 6) is -0.433. The highest BCUT2D eigenvalue weighted by atomic mass is 35.5. The fourth-order valence-corrected chi connectivity index (χ4v) is 5.17. The van der Waals surface area contributed by atoms with E-state index in [9.17, 15) is 9.90 Å². The Balaban J connectivity index is 1.68. The molecule has 2 aromatic carbocycles. The lowest BCUT2D eigenvalue weighted by Gasteiger charge is -2.30. The van der Waals surface area contributed by atoms with Gasteiger partial charge in [0.25, 0.3) is 0 Å². The molecule has 5 nitrogen and oxygen atoms in total. The number of hydrogen-bond donors (Lipinski definition) is 2. The van der Waals surface area contributed by atoms with Crippen LogP contribution in [-0.4, -0.2) is 33.7 Å². The average molecular weight is 460 g/mol. The minimum Gasteiger partial charge on any atom is -0.478 e. The number of halogens is 1. The van der Waals surface area contributed by atoms with Gasteiger partial charge in [0.1, 0.15) is 0 Å². The van der Waals surface area contributed by atoms with E-state index in [1.54, 1.807) is 12.3 Å². The zero-order chi connectivity index (χ0) is 22.9. The molecule has 0 bridgehead atoms. The summed E-state index contributed by atoms with van der Waals surface area (Å²) in [6.07, 6.45) is 8.04. The van der Waals surface area contributed by atoms with Gasteiger partial charge in [-0.05, 0) is 74.7 Å². The molecule has 4 aromatic rings. The Morgan fingerprint density at radius 3 is 2.73 bits per heavy atom. The van der Waals surface area contributed by atoms with Gasteiger partial charge in [-0.15, -0.1) is 0 Å². The Morgan fingerprint density at radius 2 is 1.97 bits per heavy atom. The van der Waals surface area contributed by atoms with Gasteiger partial charge in [-0.2, -0.15) is 0 Å². The Kier molecular flexibility index (Phi) is 5.92. The Labute approximate surface area is 198 Å². The second kappa shape index (κ2) is 9.00. The monoisotopic (exact) mass is 459 g/mol. The van der Waals surface area contributed by atoms with Crippen LogP contribution < -0.4 is 5.32 Å². The number of piperidine rings is 1. The maximum absolute atomic E-state index is 12.2. The van der Waals surface area contributed by atoms with Crippen LogP contribution in [0.1, 0.15) is 36.2 Å². The quantitative estimate of drug-likeness (QED) is 0.368. The van der Waals surface area contributed by atoms with Crippen LogP contribution in [0.25, 0.3) is 33.2 Å². The third kappa shape index (κ3) is 4.14. The molecule has 1 aliphatic rings. The van der Waals surface area contributed by atoms with E-state index >= 15 is 0 Å². The maximum Gasteiger partial charge on any atom is 0.336 e. The molecule has 5 rings (SSSR count). The van der Waals surface area contributed by atoms with Gasteiger partial charge < -0.3 is 15.0 Å². The first-order valence-corrected chi connectivity index (χ1v) is 11.7. The highest BCUT2D eigenvalue weighted by Gasteiger charge is 2.25. The van der Waals surface area contributed by atoms with E-state index in [1.807, 2.05) is 42.6 Å². The fourth-order valence-electron chi connectivity index (χ4n) is 4.98. The first-order valence-electron chi connectivity index (χ1n) is 11.3. The summed E-state index contributed by atoms with van der Waals surface area (Å²) in [6, 6.07) is 15.5. The average Bonchev–Trinajstić information content (AvgIpc) is 3.24. The van der Waals surface area contributed by atoms with Crippen molar-refractivity contribution in [2.75, 3.05) is 13.1 Å². The molecule has 0 amide bonds. The van der Waals surface area contributed by atoms with E-state index < -0.39 is 5.97 Å². The van der Waals surface area contributed by atoms with Crippen molar-refractivity contribution in [3.05, 3.63) is 77.7 Å². The van der Waals surface area contributed by atoms with Gasteiger partial charge in [-0.3, -0.25) is 4.98 Å². The number of aromatic nitrogens is 2. The second-order valence-corrected chi connectivity index (χ2v) is 9.21. The van der Waals surface area contributed by atoms with E-state index in [0.29, 0.717) is 16.5 Å². The number of carboxylic acids is 1. The van der Waals surface area contributed by atoms with E-state index in [4.69, 9.17) is 11.6 Å². The number of fused-ring (bicyclic) bond motifs is 1. The number of nitrogens with zero attached hydrogens (tertiary/aromatic N) is 2. The highest BCUT2D eigenvalue weighted by molar-refractivity contribution is 6.30. The topological polar surface area (TPSA) is 67.2 Å². The summed E-state index contributed by atoms with van der Waals surface area (Å²) in [6.45, 7) is 4.27. The predicted octanol–water partition coefficient (Wildman–Crippen LogP) is 6.28. The molecule has 1 aliphatic heterocycles. The molecule has 0 aliphatic carbocycles. The van der Waals surface area contributed by atoms with E-state index in [0.717, 1.165) is 59.1 Å². The summed E-state index contributed by atoms with van der Waals surface area (Å²) in [4.78, 5) is 16.6. The van der Waals surface area contributed by atoms with Gasteiger partial charge in [-0.1, -0.05) is 29.8 Å². The molecule has 0 saturated carbocycles. The number of benzene rings is 2. The molecule has 6 heteroatoms. The number of rotatable bonds is 5. The molecule has 0 radical (unpaired) electrons. The summed E-state index contributed by atoms with van der Waals surface area (Å²) < 4.78 is 2.25. The van der Waals surface area contributed by atoms with Crippen LogP contribution in [0.3, 0.4) is 0 Å². The van der Waals surface area contributed by atoms with E-state index in [-0.39, 0.29) is 6.04 Å². The van der Waals surface area contributed by atoms with Crippen LogP contribution in [0.2, 0.25) is 5.02 Å². The van der Waals surface area contributed by atoms with Gasteiger partial charge in [0.15, 0.2) is 0 Å². The van der Waals surface area contributed by atoms with Gasteiger partial charge in [0, 0.05) is 57.2 Å². The van der Waals surface area contributed by atoms with Crippen LogP contribution in [0, 0.1) is 5.92 Å². The third-order valence-corrected chi connectivity index (χ3v) is 6.99. The predicted molar refractivity (Wildman–Crippen MR) is 133 cm³/mol. The Bertz CT molecular complexity index is 1320. The lowest BCUT2D eigenvalue weighted by atomic mass is 9.92. The normalized spacial score (nSPS) is 17.2. The van der Waals surface area contributed by atoms with Crippen molar-refractivity contribution < 1.29 is 9.90 Å². The number of carboxylic acid groups (broad SMARTS) is 1. The Morgan fingerprint density at radius 1 is 1.15 bits per heavy atom. The van der Waals surface area contributed by atoms with Crippen LogP contribution in [0.4, 0.5) is 0 Å². The van der Waals surface area contributed by atoms with Crippen LogP contribution >= 0.6 is 11.6 Å². The molecule has 2 atom stereocenters. The summed E-state index contributed by atoms with van der Waals surface area (Å²) in [5.41, 5.74) is 4.93. The lowest BCUT2D eigenvalue weighted by molar-refractivity contribution is 0.0699. The number of nitrogens with one attached hydrogen (secondary N) is 1. The fraction of sp³-hybridized carbons (Fsp3) is 0.259. The SMILES string of the molecule is CC(C1CCCNC1)n1cc(-c2cncc(-c3cccc(Cl)c3)c2)c2c(C(=O)O)cccc21. The molecular weight excluding hydrogens is 434 g/mol. The van der Waals surface area contributed by atoms with Gasteiger partial charge in [-0.25, -0.2) is 4.79 Å². The van der Waals surface area contributed by atoms with E-state index in [2.05, 4.69) is 34.1 Å². The van der Waals surface area contributed by atoms with Crippen molar-refractivity contribution in [3.63, 3.8) is 0 Å². The van der Waals surface area contributed by atoms with Crippen molar-refractivity contribution in [2.45, 2.75) is 25.8 Å². The van der Waals surface area contributed by atoms with Crippen molar-refractivity contribution in [3.8, 4) is 22.3 Å². The molecule has 1 saturated heterocycles. The summed E-state index contributed by atoms with van der Waals surface area (Å²) in [7, 11) is 0. The number of carbonyl (C=O) groups is 1. The smallest absolute Gasteiger partial charge is 0.336 e. The van der Waals surface area contributed by atoms with Crippen molar-refractivity contribution >= 4 is 28.5 Å². The van der Waals surface area contributed by atoms with Crippen molar-refractivity contribution in [1.29, 1.82) is 0 Å². The molecule has 2 N–H and O–H groups in total. The Hall–Kier alpha value is -3.15. The lowest BCUT2D eigenvalue weighted by Crippen LogP contribution is -2.34. The number of hydrogen-bond acceptors (Lipinski definition) is 3. The number of pyridine rings is 1. The molecule has 2 unspecified atom stereocenters. The zero-order valence-electron chi connectivity index (χ0n) is 18.5. The van der Waals surface area contributed by atoms with Crippen LogP contribution in [0.15, 0.2) is 67.1 Å². The van der Waals surface area contributed by atoms with Crippen molar-refractivity contribution in [1.82, 2.24) is 14.9 Å². The summed E-state index contributed by atoms with van der Waals surface area (Å²) in [5, 5.41) is 14.9. The highest BCUT2D eigenvalue weighted by Crippen LogP contribution is 2.38. The minimum atomic E-state index is -0.925. The second-order valence-electron chi connectivity index (χ2n) is 8.77. The zero-order valence-corrected chi connectivity index (χ0v) is 19.2. The van der Waals surface area contributed by atoms with E-state index in [1.165, 1.54) is 0 Å². The maximum atomic E-state index is 12.2. The third-order valence-electron chi connectivity index (χ3n) is 6.75. The summed E-state index contributed by atoms with van der Waals surface area (Å²) >= 11 is 6.20. The molecule has 0 spiro atoms. The van der Waals surface area contributed by atoms with Crippen LogP contribution in [-0.2, 0) is 0 Å². The van der Waals surface area contributed by atoms with Gasteiger partial charge >= 0.3 is 5.97 Å². The van der Waals surface area contributed by atoms with Crippen molar-refractivity contribution in [2.24, 2.45) is 5.92 Å². The largest absolute Gasteiger partial charge is 0.478 e. The standard InChI is InChI=1S/C27H26ClN3O2/c1-17(19-6-4-10-29-13-19)31-16-24(26-23(27(32)33)8-3-9-25(26)31)21-11-20(14-30-15-21)18-5-2-7-22(28)12-18/h2-3,5,7-9,11-12,14-17,19,29H,4,6,10,13H2,1H3,(H,32,33). The molecule has 168 valence electrons. The molecule has 33 heavy (non-hydrogen) atoms. The minimum absolute atomic E-state index is 0.238. The molecule has 3 heterocycles. The molecule has 2 aromatic heterocycles. The van der Waals surface area contributed by atoms with Crippen LogP contribution in [0.5, 0.6) is 0 Å². The molecular formula is C27H26ClN3O2. The first kappa shape index (κ1) is 21.7. The number of aromatic carboxylic acids is 1. The van der Waals surface area contributed by atoms with Gasteiger partial charge in [0.05, 0.1) is 5.56 Å². The first-order chi connectivity index (χ1) is 16.0. The molecule has 1 fully saturated rings.